The second-order valence-corrected chi connectivity index (χ2v) is 6.05. The lowest BCUT2D eigenvalue weighted by molar-refractivity contribution is -0.134. The van der Waals surface area contributed by atoms with E-state index in [-0.39, 0.29) is 18.1 Å². The number of carbonyl (C=O) groups is 1. The van der Waals surface area contributed by atoms with Crippen LogP contribution >= 0.6 is 0 Å². The van der Waals surface area contributed by atoms with Crippen LogP contribution in [0.15, 0.2) is 0 Å². The summed E-state index contributed by atoms with van der Waals surface area (Å²) in [5.74, 6) is 0.535. The van der Waals surface area contributed by atoms with Gasteiger partial charge >= 0.3 is 0 Å². The van der Waals surface area contributed by atoms with Gasteiger partial charge in [-0.25, -0.2) is 0 Å². The maximum Gasteiger partial charge on any atom is 0.236 e. The van der Waals surface area contributed by atoms with Crippen molar-refractivity contribution in [2.75, 3.05) is 27.2 Å². The van der Waals surface area contributed by atoms with Crippen molar-refractivity contribution in [3.63, 3.8) is 0 Å². The van der Waals surface area contributed by atoms with Gasteiger partial charge in [-0.05, 0) is 39.8 Å². The van der Waals surface area contributed by atoms with Crippen LogP contribution in [-0.2, 0) is 4.79 Å². The summed E-state index contributed by atoms with van der Waals surface area (Å²) in [4.78, 5) is 16.2. The lowest BCUT2D eigenvalue weighted by atomic mass is 9.80. The zero-order valence-electron chi connectivity index (χ0n) is 11.6. The number of likely N-dealkylation sites (tertiary alicyclic amines) is 1. The van der Waals surface area contributed by atoms with E-state index < -0.39 is 0 Å². The average Bonchev–Trinajstić information content (AvgIpc) is 2.77. The van der Waals surface area contributed by atoms with Crippen molar-refractivity contribution < 1.29 is 9.90 Å². The molecule has 0 radical (unpaired) electrons. The van der Waals surface area contributed by atoms with Crippen molar-refractivity contribution in [1.82, 2.24) is 9.80 Å². The van der Waals surface area contributed by atoms with Gasteiger partial charge < -0.3 is 14.9 Å². The lowest BCUT2D eigenvalue weighted by Gasteiger charge is -2.37. The number of amides is 1. The highest BCUT2D eigenvalue weighted by molar-refractivity contribution is 5.78. The first-order chi connectivity index (χ1) is 8.59. The molecule has 0 aromatic heterocycles. The quantitative estimate of drug-likeness (QED) is 0.820. The number of nitrogens with zero attached hydrogens (tertiary/aromatic N) is 2. The largest absolute Gasteiger partial charge is 0.393 e. The molecule has 2 rings (SSSR count). The van der Waals surface area contributed by atoms with Gasteiger partial charge in [0.15, 0.2) is 0 Å². The molecule has 2 aliphatic rings. The Kier molecular flexibility index (Phi) is 4.62. The van der Waals surface area contributed by atoms with Crippen molar-refractivity contribution in [3.05, 3.63) is 0 Å². The van der Waals surface area contributed by atoms with Gasteiger partial charge in [0.05, 0.1) is 12.6 Å². The molecule has 104 valence electrons. The van der Waals surface area contributed by atoms with Gasteiger partial charge in [-0.2, -0.15) is 0 Å². The summed E-state index contributed by atoms with van der Waals surface area (Å²) in [5.41, 5.74) is 0. The topological polar surface area (TPSA) is 43.8 Å². The molecule has 0 bridgehead atoms. The van der Waals surface area contributed by atoms with Gasteiger partial charge in [0.1, 0.15) is 0 Å². The zero-order valence-corrected chi connectivity index (χ0v) is 11.6. The zero-order chi connectivity index (χ0) is 13.1. The Morgan fingerprint density at radius 1 is 1.22 bits per heavy atom. The lowest BCUT2D eigenvalue weighted by Crippen LogP contribution is -2.47. The molecule has 0 unspecified atom stereocenters. The van der Waals surface area contributed by atoms with Crippen LogP contribution in [0, 0.1) is 5.92 Å². The maximum atomic E-state index is 12.2. The Labute approximate surface area is 110 Å². The second-order valence-electron chi connectivity index (χ2n) is 6.05. The predicted octanol–water partition coefficient (Wildman–Crippen LogP) is 1.09. The van der Waals surface area contributed by atoms with E-state index in [1.807, 2.05) is 23.9 Å². The van der Waals surface area contributed by atoms with Crippen LogP contribution in [0.5, 0.6) is 0 Å². The first kappa shape index (κ1) is 13.8. The van der Waals surface area contributed by atoms with Gasteiger partial charge in [-0.3, -0.25) is 4.79 Å². The summed E-state index contributed by atoms with van der Waals surface area (Å²) >= 11 is 0. The summed E-state index contributed by atoms with van der Waals surface area (Å²) in [5, 5.41) is 10.2. The van der Waals surface area contributed by atoms with Gasteiger partial charge in [0.2, 0.25) is 5.91 Å². The van der Waals surface area contributed by atoms with Gasteiger partial charge in [0, 0.05) is 18.5 Å². The molecule has 1 saturated carbocycles. The fourth-order valence-electron chi connectivity index (χ4n) is 3.50. The molecule has 2 fully saturated rings. The van der Waals surface area contributed by atoms with E-state index in [1.165, 1.54) is 6.42 Å². The molecule has 0 aromatic carbocycles. The average molecular weight is 254 g/mol. The fraction of sp³-hybridized carbons (Fsp3) is 0.929. The van der Waals surface area contributed by atoms with E-state index >= 15 is 0 Å². The Hall–Kier alpha value is -0.610. The molecule has 3 atom stereocenters. The molecular formula is C14H26N2O2. The van der Waals surface area contributed by atoms with Crippen LogP contribution in [0.2, 0.25) is 0 Å². The molecule has 1 saturated heterocycles. The number of likely N-dealkylation sites (N-methyl/N-ethyl adjacent to an activating group) is 1. The molecular weight excluding hydrogens is 228 g/mol. The van der Waals surface area contributed by atoms with Crippen LogP contribution < -0.4 is 0 Å². The Bertz CT molecular complexity index is 294. The van der Waals surface area contributed by atoms with Gasteiger partial charge in [-0.1, -0.05) is 12.8 Å². The van der Waals surface area contributed by atoms with Crippen molar-refractivity contribution in [1.29, 1.82) is 0 Å². The monoisotopic (exact) mass is 254 g/mol. The minimum absolute atomic E-state index is 0.198. The molecule has 1 aliphatic carbocycles. The van der Waals surface area contributed by atoms with Crippen LogP contribution in [0.4, 0.5) is 0 Å². The number of aliphatic hydroxyl groups excluding tert-OH is 1. The Balaban J connectivity index is 2.00. The smallest absolute Gasteiger partial charge is 0.236 e. The molecule has 1 N–H and O–H groups in total. The van der Waals surface area contributed by atoms with Crippen molar-refractivity contribution in [3.8, 4) is 0 Å². The van der Waals surface area contributed by atoms with E-state index in [2.05, 4.69) is 0 Å². The van der Waals surface area contributed by atoms with Crippen LogP contribution in [0.3, 0.4) is 0 Å². The molecule has 1 heterocycles. The molecule has 4 heteroatoms. The predicted molar refractivity (Wildman–Crippen MR) is 71.3 cm³/mol. The first-order valence-electron chi connectivity index (χ1n) is 7.22. The van der Waals surface area contributed by atoms with Crippen molar-refractivity contribution in [2.45, 2.75) is 50.7 Å². The number of aliphatic hydroxyl groups is 1. The number of carbonyl (C=O) groups excluding carboxylic acids is 1. The summed E-state index contributed by atoms with van der Waals surface area (Å²) in [6, 6.07) is 0.285. The summed E-state index contributed by atoms with van der Waals surface area (Å²) in [6.07, 6.45) is 6.29. The normalized spacial score (nSPS) is 33.1. The van der Waals surface area contributed by atoms with E-state index in [9.17, 15) is 9.90 Å². The first-order valence-corrected chi connectivity index (χ1v) is 7.22. The molecule has 1 amide bonds. The van der Waals surface area contributed by atoms with E-state index in [0.717, 1.165) is 38.6 Å². The highest BCUT2D eigenvalue weighted by atomic mass is 16.3. The third kappa shape index (κ3) is 3.04. The van der Waals surface area contributed by atoms with E-state index in [1.54, 1.807) is 0 Å². The molecule has 1 aliphatic heterocycles. The SMILES string of the molecule is CN(C)CC(=O)N1CCC[C@@H]1[C@@H]1CCCC[C@@H]1O. The van der Waals surface area contributed by atoms with Gasteiger partial charge in [0.25, 0.3) is 0 Å². The van der Waals surface area contributed by atoms with Crippen molar-refractivity contribution >= 4 is 5.91 Å². The fourth-order valence-corrected chi connectivity index (χ4v) is 3.50. The van der Waals surface area contributed by atoms with Crippen LogP contribution in [0.25, 0.3) is 0 Å². The number of hydrogen-bond donors (Lipinski definition) is 1. The Morgan fingerprint density at radius 2 is 1.94 bits per heavy atom. The number of rotatable bonds is 3. The van der Waals surface area contributed by atoms with Crippen LogP contribution in [-0.4, -0.2) is 60.1 Å². The number of hydrogen-bond acceptors (Lipinski definition) is 3. The van der Waals surface area contributed by atoms with E-state index in [0.29, 0.717) is 12.5 Å². The highest BCUT2D eigenvalue weighted by Gasteiger charge is 2.38. The van der Waals surface area contributed by atoms with Crippen LogP contribution in [0.1, 0.15) is 38.5 Å². The highest BCUT2D eigenvalue weighted by Crippen LogP contribution is 2.34. The summed E-state index contributed by atoms with van der Waals surface area (Å²) in [6.45, 7) is 1.36. The molecule has 0 aromatic rings. The minimum atomic E-state index is -0.198. The maximum absolute atomic E-state index is 12.2. The second kappa shape index (κ2) is 6.02. The van der Waals surface area contributed by atoms with Crippen molar-refractivity contribution in [2.24, 2.45) is 5.92 Å². The summed E-state index contributed by atoms with van der Waals surface area (Å²) in [7, 11) is 3.86. The third-order valence-corrected chi connectivity index (χ3v) is 4.35. The molecule has 4 nitrogen and oxygen atoms in total. The molecule has 0 spiro atoms. The van der Waals surface area contributed by atoms with Gasteiger partial charge in [-0.15, -0.1) is 0 Å². The Morgan fingerprint density at radius 3 is 2.61 bits per heavy atom. The standard InChI is InChI=1S/C14H26N2O2/c1-15(2)10-14(18)16-9-5-7-12(16)11-6-3-4-8-13(11)17/h11-13,17H,3-10H2,1-2H3/t11-,12+,13-/m0/s1. The molecule has 18 heavy (non-hydrogen) atoms. The van der Waals surface area contributed by atoms with E-state index in [4.69, 9.17) is 0 Å². The summed E-state index contributed by atoms with van der Waals surface area (Å²) < 4.78 is 0. The third-order valence-electron chi connectivity index (χ3n) is 4.35. The minimum Gasteiger partial charge on any atom is -0.393 e.